The van der Waals surface area contributed by atoms with Crippen LogP contribution in [0.25, 0.3) is 11.6 Å². The van der Waals surface area contributed by atoms with E-state index in [0.29, 0.717) is 36.4 Å². The first-order valence-corrected chi connectivity index (χ1v) is 11.8. The number of likely N-dealkylation sites (N-methyl/N-ethyl adjacent to an activating group) is 1. The molecule has 0 aromatic heterocycles. The molecule has 3 aromatic carbocycles. The fourth-order valence-corrected chi connectivity index (χ4v) is 4.54. The largest absolute Gasteiger partial charge is 0.457 e. The van der Waals surface area contributed by atoms with Gasteiger partial charge < -0.3 is 19.7 Å². The van der Waals surface area contributed by atoms with Gasteiger partial charge in [-0.2, -0.15) is 13.2 Å². The van der Waals surface area contributed by atoms with Crippen LogP contribution in [-0.2, 0) is 22.1 Å². The van der Waals surface area contributed by atoms with Crippen molar-refractivity contribution >= 4 is 29.3 Å². The third kappa shape index (κ3) is 5.02. The third-order valence-electron chi connectivity index (χ3n) is 6.37. The van der Waals surface area contributed by atoms with Gasteiger partial charge in [0.25, 0.3) is 5.91 Å². The first-order chi connectivity index (χ1) is 17.7. The van der Waals surface area contributed by atoms with E-state index in [-0.39, 0.29) is 35.1 Å². The van der Waals surface area contributed by atoms with Gasteiger partial charge in [-0.1, -0.05) is 36.4 Å². The van der Waals surface area contributed by atoms with Crippen LogP contribution < -0.4 is 10.1 Å². The second-order valence-corrected chi connectivity index (χ2v) is 8.78. The Morgan fingerprint density at radius 2 is 1.84 bits per heavy atom. The number of cyclic esters (lactones) is 1. The number of anilines is 1. The topological polar surface area (TPSA) is 67.9 Å². The molecule has 1 atom stereocenters. The van der Waals surface area contributed by atoms with Crippen LogP contribution in [0.1, 0.15) is 29.2 Å². The molecule has 37 heavy (non-hydrogen) atoms. The number of nitrogens with zero attached hydrogens (tertiary/aromatic N) is 1. The number of amides is 2. The number of halogens is 3. The second-order valence-electron chi connectivity index (χ2n) is 8.78. The normalized spacial score (nSPS) is 18.1. The van der Waals surface area contributed by atoms with Gasteiger partial charge in [0, 0.05) is 23.4 Å². The fourth-order valence-electron chi connectivity index (χ4n) is 4.54. The van der Waals surface area contributed by atoms with E-state index in [4.69, 9.17) is 9.47 Å². The van der Waals surface area contributed by atoms with E-state index in [1.807, 2.05) is 6.92 Å². The van der Waals surface area contributed by atoms with Crippen molar-refractivity contribution in [1.29, 1.82) is 0 Å². The zero-order valence-corrected chi connectivity index (χ0v) is 19.8. The summed E-state index contributed by atoms with van der Waals surface area (Å²) in [5.41, 5.74) is 1.74. The summed E-state index contributed by atoms with van der Waals surface area (Å²) in [6, 6.07) is 17.3. The van der Waals surface area contributed by atoms with Gasteiger partial charge in [0.2, 0.25) is 0 Å². The van der Waals surface area contributed by atoms with Crippen LogP contribution in [0.3, 0.4) is 0 Å². The van der Waals surface area contributed by atoms with Crippen molar-refractivity contribution in [3.8, 4) is 11.5 Å². The number of alkyl halides is 3. The summed E-state index contributed by atoms with van der Waals surface area (Å²) in [5, 5.41) is 2.71. The third-order valence-corrected chi connectivity index (χ3v) is 6.37. The molecule has 3 aromatic rings. The number of ether oxygens (including phenoxy) is 2. The first kappa shape index (κ1) is 24.4. The molecule has 1 fully saturated rings. The zero-order chi connectivity index (χ0) is 26.2. The molecule has 2 heterocycles. The molecule has 0 spiro atoms. The van der Waals surface area contributed by atoms with Crippen molar-refractivity contribution in [2.75, 3.05) is 18.5 Å². The maximum atomic E-state index is 13.9. The highest BCUT2D eigenvalue weighted by Gasteiger charge is 2.35. The Balaban J connectivity index is 1.37. The minimum atomic E-state index is -4.67. The van der Waals surface area contributed by atoms with Crippen LogP contribution in [0, 0.1) is 0 Å². The van der Waals surface area contributed by atoms with Crippen molar-refractivity contribution in [3.63, 3.8) is 0 Å². The lowest BCUT2D eigenvalue weighted by atomic mass is 10.0. The Morgan fingerprint density at radius 1 is 1.08 bits per heavy atom. The molecule has 6 nitrogen and oxygen atoms in total. The van der Waals surface area contributed by atoms with Gasteiger partial charge in [0.05, 0.1) is 11.6 Å². The standard InChI is InChI=1S/C28H23F3N2O4/c1-2-33-19(16-36-27(33)35)13-17-7-10-20(11-8-17)37-25-12-9-18(15-23(25)28(29,30)31)14-22-21-5-3-4-6-24(21)32-26(22)34/h3-12,14-15,19H,2,13,16H2,1H3,(H,32,34)/b22-14-. The van der Waals surface area contributed by atoms with E-state index >= 15 is 0 Å². The van der Waals surface area contributed by atoms with E-state index in [0.717, 1.165) is 11.6 Å². The number of hydrogen-bond acceptors (Lipinski definition) is 4. The Kier molecular flexibility index (Phi) is 6.37. The van der Waals surface area contributed by atoms with E-state index in [9.17, 15) is 22.8 Å². The summed E-state index contributed by atoms with van der Waals surface area (Å²) in [6.07, 6.45) is -3.01. The maximum absolute atomic E-state index is 13.9. The number of carbonyl (C=O) groups excluding carboxylic acids is 2. The molecule has 0 aliphatic carbocycles. The van der Waals surface area contributed by atoms with Gasteiger partial charge in [-0.25, -0.2) is 4.79 Å². The summed E-state index contributed by atoms with van der Waals surface area (Å²) < 4.78 is 52.5. The summed E-state index contributed by atoms with van der Waals surface area (Å²) in [5.74, 6) is -0.466. The summed E-state index contributed by atoms with van der Waals surface area (Å²) in [7, 11) is 0. The smallest absolute Gasteiger partial charge is 0.420 e. The van der Waals surface area contributed by atoms with Crippen LogP contribution in [0.4, 0.5) is 23.7 Å². The Morgan fingerprint density at radius 3 is 2.57 bits per heavy atom. The molecular formula is C28H23F3N2O4. The minimum absolute atomic E-state index is 0.0864. The zero-order valence-electron chi connectivity index (χ0n) is 19.8. The molecule has 0 radical (unpaired) electrons. The molecule has 190 valence electrons. The summed E-state index contributed by atoms with van der Waals surface area (Å²) >= 11 is 0. The molecule has 1 saturated heterocycles. The molecule has 2 aliphatic heterocycles. The quantitative estimate of drug-likeness (QED) is 0.393. The number of rotatable bonds is 6. The maximum Gasteiger partial charge on any atom is 0.420 e. The van der Waals surface area contributed by atoms with Gasteiger partial charge >= 0.3 is 12.3 Å². The number of nitrogens with one attached hydrogen (secondary N) is 1. The van der Waals surface area contributed by atoms with Gasteiger partial charge in [-0.15, -0.1) is 0 Å². The average molecular weight is 508 g/mol. The molecule has 9 heteroatoms. The molecular weight excluding hydrogens is 485 g/mol. The van der Waals surface area contributed by atoms with Crippen LogP contribution in [-0.4, -0.2) is 36.1 Å². The lowest BCUT2D eigenvalue weighted by Gasteiger charge is -2.19. The lowest BCUT2D eigenvalue weighted by molar-refractivity contribution is -0.138. The predicted octanol–water partition coefficient (Wildman–Crippen LogP) is 6.37. The minimum Gasteiger partial charge on any atom is -0.457 e. The van der Waals surface area contributed by atoms with Gasteiger partial charge in [0.15, 0.2) is 0 Å². The molecule has 0 bridgehead atoms. The highest BCUT2D eigenvalue weighted by molar-refractivity contribution is 6.34. The van der Waals surface area contributed by atoms with Crippen LogP contribution in [0.5, 0.6) is 11.5 Å². The Hall–Kier alpha value is -4.27. The van der Waals surface area contributed by atoms with Crippen molar-refractivity contribution in [1.82, 2.24) is 4.90 Å². The molecule has 0 saturated carbocycles. The van der Waals surface area contributed by atoms with Crippen molar-refractivity contribution < 1.29 is 32.2 Å². The number of hydrogen-bond donors (Lipinski definition) is 1. The van der Waals surface area contributed by atoms with E-state index in [1.54, 1.807) is 53.4 Å². The Bertz CT molecular complexity index is 1380. The number of para-hydroxylation sites is 1. The molecule has 5 rings (SSSR count). The summed E-state index contributed by atoms with van der Waals surface area (Å²) in [6.45, 7) is 2.71. The van der Waals surface area contributed by atoms with E-state index < -0.39 is 11.7 Å². The monoisotopic (exact) mass is 508 g/mol. The molecule has 2 aliphatic rings. The first-order valence-electron chi connectivity index (χ1n) is 11.8. The van der Waals surface area contributed by atoms with E-state index in [2.05, 4.69) is 5.32 Å². The number of fused-ring (bicyclic) bond motifs is 1. The lowest BCUT2D eigenvalue weighted by Crippen LogP contribution is -2.34. The predicted molar refractivity (Wildman–Crippen MR) is 132 cm³/mol. The van der Waals surface area contributed by atoms with Gasteiger partial charge in [-0.05, 0) is 60.9 Å². The van der Waals surface area contributed by atoms with Crippen molar-refractivity contribution in [3.05, 3.63) is 89.0 Å². The number of benzene rings is 3. The molecule has 1 N–H and O–H groups in total. The Labute approximate surface area is 211 Å². The van der Waals surface area contributed by atoms with Gasteiger partial charge in [0.1, 0.15) is 18.1 Å². The second kappa shape index (κ2) is 9.65. The molecule has 1 unspecified atom stereocenters. The van der Waals surface area contributed by atoms with E-state index in [1.165, 1.54) is 18.2 Å². The van der Waals surface area contributed by atoms with Crippen LogP contribution in [0.2, 0.25) is 0 Å². The van der Waals surface area contributed by atoms with Crippen LogP contribution >= 0.6 is 0 Å². The van der Waals surface area contributed by atoms with Gasteiger partial charge in [-0.3, -0.25) is 4.79 Å². The number of carbonyl (C=O) groups is 2. The van der Waals surface area contributed by atoms with Crippen molar-refractivity contribution in [2.24, 2.45) is 0 Å². The molecule has 2 amide bonds. The van der Waals surface area contributed by atoms with Crippen molar-refractivity contribution in [2.45, 2.75) is 25.6 Å². The highest BCUT2D eigenvalue weighted by Crippen LogP contribution is 2.40. The fraction of sp³-hybridized carbons (Fsp3) is 0.214. The highest BCUT2D eigenvalue weighted by atomic mass is 19.4. The summed E-state index contributed by atoms with van der Waals surface area (Å²) in [4.78, 5) is 25.7. The van der Waals surface area contributed by atoms with Crippen LogP contribution in [0.15, 0.2) is 66.7 Å². The average Bonchev–Trinajstić information content (AvgIpc) is 3.38. The SMILES string of the molecule is CCN1C(=O)OCC1Cc1ccc(Oc2ccc(/C=C3\C(=O)Nc4ccccc43)cc2C(F)(F)F)cc1.